The van der Waals surface area contributed by atoms with Crippen LogP contribution in [0.25, 0.3) is 0 Å². The summed E-state index contributed by atoms with van der Waals surface area (Å²) in [5.74, 6) is -0.487. The number of hydrogen-bond donors (Lipinski definition) is 1. The first-order valence-electron chi connectivity index (χ1n) is 5.40. The zero-order chi connectivity index (χ0) is 11.0. The van der Waals surface area contributed by atoms with E-state index >= 15 is 0 Å². The van der Waals surface area contributed by atoms with Crippen LogP contribution in [0, 0.1) is 12.8 Å². The van der Waals surface area contributed by atoms with Crippen molar-refractivity contribution in [2.45, 2.75) is 32.6 Å². The number of benzene rings is 1. The summed E-state index contributed by atoms with van der Waals surface area (Å²) in [7, 11) is 0. The Morgan fingerprint density at radius 1 is 1.47 bits per heavy atom. The van der Waals surface area contributed by atoms with E-state index in [1.165, 1.54) is 16.7 Å². The maximum atomic E-state index is 11.0. The Labute approximate surface area is 89.9 Å². The van der Waals surface area contributed by atoms with Gasteiger partial charge in [0.05, 0.1) is 5.92 Å². The molecule has 1 N–H and O–H groups in total. The average molecular weight is 204 g/mol. The van der Waals surface area contributed by atoms with E-state index in [-0.39, 0.29) is 5.92 Å². The second kappa shape index (κ2) is 3.69. The molecule has 0 radical (unpaired) electrons. The van der Waals surface area contributed by atoms with Crippen LogP contribution >= 0.6 is 0 Å². The monoisotopic (exact) mass is 204 g/mol. The fraction of sp³-hybridized carbons (Fsp3) is 0.462. The van der Waals surface area contributed by atoms with E-state index in [0.29, 0.717) is 12.3 Å². The molecule has 80 valence electrons. The van der Waals surface area contributed by atoms with Crippen LogP contribution in [0.2, 0.25) is 0 Å². The number of carboxylic acids is 1. The van der Waals surface area contributed by atoms with Gasteiger partial charge in [-0.05, 0) is 36.8 Å². The minimum Gasteiger partial charge on any atom is -0.481 e. The predicted octanol–water partition coefficient (Wildman–Crippen LogP) is 2.75. The van der Waals surface area contributed by atoms with Crippen molar-refractivity contribution >= 4 is 5.97 Å². The second-order valence-corrected chi connectivity index (χ2v) is 4.58. The van der Waals surface area contributed by atoms with E-state index in [0.717, 1.165) is 6.42 Å². The van der Waals surface area contributed by atoms with Crippen LogP contribution in [0.5, 0.6) is 0 Å². The molecular weight excluding hydrogens is 188 g/mol. The molecule has 15 heavy (non-hydrogen) atoms. The highest BCUT2D eigenvalue weighted by Gasteiger charge is 2.28. The third-order valence-electron chi connectivity index (χ3n) is 3.28. The van der Waals surface area contributed by atoms with Crippen LogP contribution < -0.4 is 0 Å². The molecule has 1 aromatic rings. The minimum absolute atomic E-state index is 0.200. The molecule has 2 atom stereocenters. The molecule has 0 fully saturated rings. The van der Waals surface area contributed by atoms with Gasteiger partial charge in [-0.2, -0.15) is 0 Å². The molecule has 2 nitrogen and oxygen atoms in total. The Hall–Kier alpha value is -1.31. The lowest BCUT2D eigenvalue weighted by molar-refractivity contribution is -0.142. The lowest BCUT2D eigenvalue weighted by Gasteiger charge is -2.27. The minimum atomic E-state index is -0.658. The lowest BCUT2D eigenvalue weighted by atomic mass is 9.77. The van der Waals surface area contributed by atoms with Crippen LogP contribution in [0.15, 0.2) is 18.2 Å². The Balaban J connectivity index is 2.37. The highest BCUT2D eigenvalue weighted by atomic mass is 16.4. The Kier molecular flexibility index (Phi) is 2.51. The molecule has 0 aliphatic heterocycles. The second-order valence-electron chi connectivity index (χ2n) is 4.58. The fourth-order valence-electron chi connectivity index (χ4n) is 2.48. The number of carboxylic acid groups (broad SMARTS) is 1. The van der Waals surface area contributed by atoms with Gasteiger partial charge >= 0.3 is 5.97 Å². The van der Waals surface area contributed by atoms with Gasteiger partial charge in [0, 0.05) is 0 Å². The summed E-state index contributed by atoms with van der Waals surface area (Å²) in [6.07, 6.45) is 1.46. The van der Waals surface area contributed by atoms with Crippen LogP contribution in [0.3, 0.4) is 0 Å². The molecule has 2 heteroatoms. The maximum Gasteiger partial charge on any atom is 0.306 e. The molecule has 0 aromatic heterocycles. The first-order valence-corrected chi connectivity index (χ1v) is 5.40. The Bertz CT molecular complexity index is 396. The summed E-state index contributed by atoms with van der Waals surface area (Å²) in [5, 5.41) is 9.05. The summed E-state index contributed by atoms with van der Waals surface area (Å²) in [4.78, 5) is 11.0. The van der Waals surface area contributed by atoms with Crippen molar-refractivity contribution in [1.29, 1.82) is 0 Å². The number of hydrogen-bond acceptors (Lipinski definition) is 1. The maximum absolute atomic E-state index is 11.0. The smallest absolute Gasteiger partial charge is 0.306 e. The van der Waals surface area contributed by atoms with Crippen LogP contribution in [-0.2, 0) is 11.2 Å². The molecule has 0 heterocycles. The fourth-order valence-corrected chi connectivity index (χ4v) is 2.48. The highest BCUT2D eigenvalue weighted by molar-refractivity contribution is 5.71. The molecule has 1 aromatic carbocycles. The van der Waals surface area contributed by atoms with Gasteiger partial charge in [-0.1, -0.05) is 30.7 Å². The third kappa shape index (κ3) is 1.89. The van der Waals surface area contributed by atoms with Gasteiger partial charge in [0.2, 0.25) is 0 Å². The summed E-state index contributed by atoms with van der Waals surface area (Å²) in [6, 6.07) is 6.38. The van der Waals surface area contributed by atoms with Gasteiger partial charge in [-0.3, -0.25) is 4.79 Å². The zero-order valence-electron chi connectivity index (χ0n) is 9.16. The number of rotatable bonds is 1. The number of fused-ring (bicyclic) bond motifs is 1. The van der Waals surface area contributed by atoms with Gasteiger partial charge in [0.15, 0.2) is 0 Å². The van der Waals surface area contributed by atoms with E-state index < -0.39 is 5.97 Å². The molecule has 1 aliphatic rings. The molecule has 2 rings (SSSR count). The molecule has 2 unspecified atom stereocenters. The van der Waals surface area contributed by atoms with Crippen molar-refractivity contribution in [3.05, 3.63) is 34.9 Å². The van der Waals surface area contributed by atoms with Crippen molar-refractivity contribution in [3.63, 3.8) is 0 Å². The molecule has 0 bridgehead atoms. The normalized spacial score (nSPS) is 24.7. The first kappa shape index (κ1) is 10.2. The van der Waals surface area contributed by atoms with E-state index in [1.54, 1.807) is 0 Å². The van der Waals surface area contributed by atoms with E-state index in [2.05, 4.69) is 32.0 Å². The summed E-state index contributed by atoms with van der Waals surface area (Å²) in [5.41, 5.74) is 3.77. The number of carbonyl (C=O) groups is 1. The van der Waals surface area contributed by atoms with Gasteiger partial charge < -0.3 is 5.11 Å². The highest BCUT2D eigenvalue weighted by Crippen LogP contribution is 2.34. The molecule has 0 saturated heterocycles. The van der Waals surface area contributed by atoms with Crippen LogP contribution in [-0.4, -0.2) is 11.1 Å². The number of aliphatic carboxylic acids is 1. The van der Waals surface area contributed by atoms with Gasteiger partial charge in [-0.25, -0.2) is 0 Å². The molecule has 0 saturated carbocycles. The molecular formula is C13H16O2. The van der Waals surface area contributed by atoms with Crippen molar-refractivity contribution in [2.75, 3.05) is 0 Å². The van der Waals surface area contributed by atoms with Crippen LogP contribution in [0.4, 0.5) is 0 Å². The lowest BCUT2D eigenvalue weighted by Crippen LogP contribution is -2.24. The summed E-state index contributed by atoms with van der Waals surface area (Å²) in [6.45, 7) is 4.17. The standard InChI is InChI=1S/C13H16O2/c1-8-3-4-12-9(2)6-11(13(14)15)7-10(12)5-8/h3-5,9,11H,6-7H2,1-2H3,(H,14,15). The van der Waals surface area contributed by atoms with Crippen molar-refractivity contribution in [2.24, 2.45) is 5.92 Å². The molecule has 1 aliphatic carbocycles. The molecule has 0 amide bonds. The summed E-state index contributed by atoms with van der Waals surface area (Å²) < 4.78 is 0. The Morgan fingerprint density at radius 2 is 2.20 bits per heavy atom. The van der Waals surface area contributed by atoms with Crippen molar-refractivity contribution in [1.82, 2.24) is 0 Å². The zero-order valence-corrected chi connectivity index (χ0v) is 9.16. The van der Waals surface area contributed by atoms with Gasteiger partial charge in [0.25, 0.3) is 0 Å². The Morgan fingerprint density at radius 3 is 2.87 bits per heavy atom. The van der Waals surface area contributed by atoms with Crippen LogP contribution in [0.1, 0.15) is 36.0 Å². The predicted molar refractivity (Wildman–Crippen MR) is 59.0 cm³/mol. The van der Waals surface area contributed by atoms with E-state index in [9.17, 15) is 4.79 Å². The quantitative estimate of drug-likeness (QED) is 0.763. The van der Waals surface area contributed by atoms with Crippen molar-refractivity contribution < 1.29 is 9.90 Å². The van der Waals surface area contributed by atoms with E-state index in [1.807, 2.05) is 0 Å². The largest absolute Gasteiger partial charge is 0.481 e. The van der Waals surface area contributed by atoms with Gasteiger partial charge in [-0.15, -0.1) is 0 Å². The SMILES string of the molecule is Cc1ccc2c(c1)CC(C(=O)O)CC2C. The topological polar surface area (TPSA) is 37.3 Å². The number of aryl methyl sites for hydroxylation is 1. The average Bonchev–Trinajstić information content (AvgIpc) is 2.16. The van der Waals surface area contributed by atoms with E-state index in [4.69, 9.17) is 5.11 Å². The summed E-state index contributed by atoms with van der Waals surface area (Å²) >= 11 is 0. The first-order chi connectivity index (χ1) is 7.08. The van der Waals surface area contributed by atoms with Crippen molar-refractivity contribution in [3.8, 4) is 0 Å². The third-order valence-corrected chi connectivity index (χ3v) is 3.28. The molecule has 0 spiro atoms. The van der Waals surface area contributed by atoms with Gasteiger partial charge in [0.1, 0.15) is 0 Å².